The molecule has 0 unspecified atom stereocenters. The number of para-hydroxylation sites is 1. The predicted molar refractivity (Wildman–Crippen MR) is 67.6 cm³/mol. The van der Waals surface area contributed by atoms with Crippen LogP contribution in [0.5, 0.6) is 5.75 Å². The van der Waals surface area contributed by atoms with E-state index in [9.17, 15) is 9.59 Å². The highest BCUT2D eigenvalue weighted by Gasteiger charge is 2.16. The van der Waals surface area contributed by atoms with Crippen LogP contribution in [0.2, 0.25) is 0 Å². The molecule has 1 heterocycles. The van der Waals surface area contributed by atoms with E-state index in [0.29, 0.717) is 5.75 Å². The molecule has 0 fully saturated rings. The van der Waals surface area contributed by atoms with Crippen LogP contribution < -0.4 is 10.1 Å². The first-order valence-electron chi connectivity index (χ1n) is 5.72. The summed E-state index contributed by atoms with van der Waals surface area (Å²) in [4.78, 5) is 22.4. The fourth-order valence-electron chi connectivity index (χ4n) is 1.60. The van der Waals surface area contributed by atoms with E-state index in [0.717, 1.165) is 11.6 Å². The number of amides is 1. The number of aromatic carboxylic acids is 1. The van der Waals surface area contributed by atoms with Crippen LogP contribution in [0.4, 0.5) is 0 Å². The van der Waals surface area contributed by atoms with Gasteiger partial charge in [-0.1, -0.05) is 23.4 Å². The minimum absolute atomic E-state index is 0.0858. The number of carbonyl (C=O) groups is 2. The quantitative estimate of drug-likeness (QED) is 0.853. The number of nitrogens with one attached hydrogen (secondary N) is 1. The maximum Gasteiger partial charge on any atom is 0.374 e. The molecule has 0 saturated carbocycles. The number of methoxy groups -OCH3 is 1. The lowest BCUT2D eigenvalue weighted by molar-refractivity contribution is 0.0651. The van der Waals surface area contributed by atoms with Crippen molar-refractivity contribution >= 4 is 11.9 Å². The van der Waals surface area contributed by atoms with Gasteiger partial charge < -0.3 is 19.7 Å². The van der Waals surface area contributed by atoms with Gasteiger partial charge in [0.25, 0.3) is 5.91 Å². The number of aromatic nitrogens is 1. The molecule has 2 aromatic rings. The topological polar surface area (TPSA) is 102 Å². The van der Waals surface area contributed by atoms with Gasteiger partial charge in [-0.2, -0.15) is 0 Å². The molecule has 20 heavy (non-hydrogen) atoms. The molecule has 7 nitrogen and oxygen atoms in total. The minimum Gasteiger partial charge on any atom is -0.496 e. The number of hydrogen-bond acceptors (Lipinski definition) is 5. The molecule has 1 aromatic heterocycles. The molecule has 0 aliphatic carbocycles. The molecular weight excluding hydrogens is 264 g/mol. The molecule has 0 radical (unpaired) electrons. The summed E-state index contributed by atoms with van der Waals surface area (Å²) in [6.45, 7) is 0.234. The number of benzene rings is 1. The van der Waals surface area contributed by atoms with Gasteiger partial charge in [0.1, 0.15) is 5.75 Å². The maximum absolute atomic E-state index is 11.8. The summed E-state index contributed by atoms with van der Waals surface area (Å²) in [6.07, 6.45) is 0. The van der Waals surface area contributed by atoms with Gasteiger partial charge in [0, 0.05) is 18.2 Å². The van der Waals surface area contributed by atoms with Crippen molar-refractivity contribution < 1.29 is 24.0 Å². The second-order valence-corrected chi connectivity index (χ2v) is 3.88. The first kappa shape index (κ1) is 13.6. The normalized spacial score (nSPS) is 10.1. The summed E-state index contributed by atoms with van der Waals surface area (Å²) in [5.41, 5.74) is 0.711. The Bertz CT molecular complexity index is 635. The Kier molecular flexibility index (Phi) is 3.99. The third-order valence-corrected chi connectivity index (χ3v) is 2.59. The SMILES string of the molecule is COc1ccccc1CNC(=O)c1cc(C(=O)O)on1. The zero-order chi connectivity index (χ0) is 14.5. The van der Waals surface area contributed by atoms with E-state index in [2.05, 4.69) is 15.0 Å². The average molecular weight is 276 g/mol. The van der Waals surface area contributed by atoms with Crippen molar-refractivity contribution in [2.24, 2.45) is 0 Å². The average Bonchev–Trinajstić information content (AvgIpc) is 2.95. The lowest BCUT2D eigenvalue weighted by Crippen LogP contribution is -2.23. The van der Waals surface area contributed by atoms with Gasteiger partial charge in [-0.15, -0.1) is 0 Å². The van der Waals surface area contributed by atoms with Crippen LogP contribution in [0, 0.1) is 0 Å². The second-order valence-electron chi connectivity index (χ2n) is 3.88. The molecule has 1 aromatic carbocycles. The monoisotopic (exact) mass is 276 g/mol. The molecule has 0 atom stereocenters. The highest BCUT2D eigenvalue weighted by molar-refractivity contribution is 5.94. The maximum atomic E-state index is 11.8. The van der Waals surface area contributed by atoms with Crippen LogP contribution in [0.15, 0.2) is 34.9 Å². The molecule has 2 rings (SSSR count). The van der Waals surface area contributed by atoms with Crippen molar-refractivity contribution in [3.63, 3.8) is 0 Å². The van der Waals surface area contributed by atoms with Crippen molar-refractivity contribution in [3.8, 4) is 5.75 Å². The zero-order valence-electron chi connectivity index (χ0n) is 10.6. The second kappa shape index (κ2) is 5.87. The van der Waals surface area contributed by atoms with Gasteiger partial charge in [-0.05, 0) is 6.07 Å². The van der Waals surface area contributed by atoms with Gasteiger partial charge in [0.15, 0.2) is 5.69 Å². The number of nitrogens with zero attached hydrogens (tertiary/aromatic N) is 1. The number of hydrogen-bond donors (Lipinski definition) is 2. The largest absolute Gasteiger partial charge is 0.496 e. The Hall–Kier alpha value is -2.83. The fourth-order valence-corrected chi connectivity index (χ4v) is 1.60. The van der Waals surface area contributed by atoms with Gasteiger partial charge in [0.2, 0.25) is 5.76 Å². The van der Waals surface area contributed by atoms with Crippen molar-refractivity contribution in [2.45, 2.75) is 6.54 Å². The summed E-state index contributed by atoms with van der Waals surface area (Å²) in [6, 6.07) is 8.30. The van der Waals surface area contributed by atoms with E-state index in [4.69, 9.17) is 9.84 Å². The third kappa shape index (κ3) is 2.94. The van der Waals surface area contributed by atoms with Crippen LogP contribution in [-0.2, 0) is 6.54 Å². The molecule has 0 bridgehead atoms. The summed E-state index contributed by atoms with van der Waals surface area (Å²) < 4.78 is 9.66. The molecule has 7 heteroatoms. The number of carbonyl (C=O) groups excluding carboxylic acids is 1. The van der Waals surface area contributed by atoms with E-state index in [-0.39, 0.29) is 18.0 Å². The summed E-state index contributed by atoms with van der Waals surface area (Å²) in [7, 11) is 1.54. The van der Waals surface area contributed by atoms with Crippen molar-refractivity contribution in [1.29, 1.82) is 0 Å². The molecule has 1 amide bonds. The molecule has 0 saturated heterocycles. The molecule has 0 aliphatic rings. The smallest absolute Gasteiger partial charge is 0.374 e. The lowest BCUT2D eigenvalue weighted by atomic mass is 10.2. The van der Waals surface area contributed by atoms with Crippen LogP contribution in [0.25, 0.3) is 0 Å². The summed E-state index contributed by atoms with van der Waals surface area (Å²) >= 11 is 0. The van der Waals surface area contributed by atoms with E-state index < -0.39 is 11.9 Å². The summed E-state index contributed by atoms with van der Waals surface area (Å²) in [5, 5.41) is 14.7. The highest BCUT2D eigenvalue weighted by Crippen LogP contribution is 2.16. The van der Waals surface area contributed by atoms with Crippen LogP contribution in [0.1, 0.15) is 26.6 Å². The van der Waals surface area contributed by atoms with Crippen LogP contribution >= 0.6 is 0 Å². The molecule has 0 spiro atoms. The number of carboxylic acid groups (broad SMARTS) is 1. The highest BCUT2D eigenvalue weighted by atomic mass is 16.5. The van der Waals surface area contributed by atoms with Gasteiger partial charge in [-0.3, -0.25) is 4.79 Å². The Balaban J connectivity index is 2.03. The Morgan fingerprint density at radius 1 is 1.40 bits per heavy atom. The molecule has 0 aliphatic heterocycles. The Morgan fingerprint density at radius 3 is 2.80 bits per heavy atom. The zero-order valence-corrected chi connectivity index (χ0v) is 10.6. The van der Waals surface area contributed by atoms with Gasteiger partial charge in [0.05, 0.1) is 7.11 Å². The minimum atomic E-state index is -1.28. The fraction of sp³-hybridized carbons (Fsp3) is 0.154. The molecule has 2 N–H and O–H groups in total. The lowest BCUT2D eigenvalue weighted by Gasteiger charge is -2.08. The van der Waals surface area contributed by atoms with Crippen LogP contribution in [-0.4, -0.2) is 29.2 Å². The predicted octanol–water partition coefficient (Wildman–Crippen LogP) is 1.31. The first-order valence-corrected chi connectivity index (χ1v) is 5.72. The van der Waals surface area contributed by atoms with Gasteiger partial charge >= 0.3 is 5.97 Å². The van der Waals surface area contributed by atoms with Crippen molar-refractivity contribution in [3.05, 3.63) is 47.3 Å². The number of ether oxygens (including phenoxy) is 1. The molecule has 104 valence electrons. The van der Waals surface area contributed by atoms with E-state index in [1.807, 2.05) is 18.2 Å². The molecular formula is C13H12N2O5. The van der Waals surface area contributed by atoms with E-state index in [1.54, 1.807) is 6.07 Å². The Morgan fingerprint density at radius 2 is 2.15 bits per heavy atom. The van der Waals surface area contributed by atoms with Gasteiger partial charge in [-0.25, -0.2) is 4.79 Å². The van der Waals surface area contributed by atoms with Crippen LogP contribution in [0.3, 0.4) is 0 Å². The third-order valence-electron chi connectivity index (χ3n) is 2.59. The van der Waals surface area contributed by atoms with Crippen molar-refractivity contribution in [2.75, 3.05) is 7.11 Å². The Labute approximate surface area is 114 Å². The first-order chi connectivity index (χ1) is 9.61. The van der Waals surface area contributed by atoms with Crippen molar-refractivity contribution in [1.82, 2.24) is 10.5 Å². The standard InChI is InChI=1S/C13H12N2O5/c1-19-10-5-3-2-4-8(10)7-14-12(16)9-6-11(13(17)18)20-15-9/h2-6H,7H2,1H3,(H,14,16)(H,17,18). The number of rotatable bonds is 5. The number of carboxylic acids is 1. The van der Waals surface area contributed by atoms with E-state index >= 15 is 0 Å². The summed E-state index contributed by atoms with van der Waals surface area (Å²) in [5.74, 6) is -1.53. The van der Waals surface area contributed by atoms with E-state index in [1.165, 1.54) is 7.11 Å².